The molecular formula is C27H24N2O7S. The van der Waals surface area contributed by atoms with Gasteiger partial charge in [0.25, 0.3) is 5.91 Å². The van der Waals surface area contributed by atoms with Gasteiger partial charge in [-0.05, 0) is 36.6 Å². The number of nitrogens with zero attached hydrogens (tertiary/aromatic N) is 1. The van der Waals surface area contributed by atoms with Crippen molar-refractivity contribution in [3.8, 4) is 5.75 Å². The van der Waals surface area contributed by atoms with Crippen LogP contribution in [0.1, 0.15) is 18.4 Å². The molecule has 0 unspecified atom stereocenters. The molecule has 1 saturated carbocycles. The van der Waals surface area contributed by atoms with Gasteiger partial charge in [-0.15, -0.1) is 11.8 Å². The molecule has 6 rings (SSSR count). The van der Waals surface area contributed by atoms with Crippen LogP contribution in [-0.2, 0) is 16.0 Å². The number of aliphatic hydroxyl groups is 2. The van der Waals surface area contributed by atoms with Crippen molar-refractivity contribution >= 4 is 34.5 Å². The Hall–Kier alpha value is -3.60. The number of fused-ring (bicyclic) bond motifs is 2. The summed E-state index contributed by atoms with van der Waals surface area (Å²) in [6, 6.07) is 16.7. The molecule has 2 amide bonds. The third-order valence-corrected chi connectivity index (χ3v) is 8.79. The van der Waals surface area contributed by atoms with E-state index in [9.17, 15) is 24.6 Å². The Labute approximate surface area is 215 Å². The number of carbonyl (C=O) groups is 2. The van der Waals surface area contributed by atoms with Crippen LogP contribution in [0.3, 0.4) is 0 Å². The minimum Gasteiger partial charge on any atom is -0.489 e. The van der Waals surface area contributed by atoms with Gasteiger partial charge in [0.1, 0.15) is 29.4 Å². The van der Waals surface area contributed by atoms with E-state index in [1.54, 1.807) is 36.0 Å². The van der Waals surface area contributed by atoms with Gasteiger partial charge >= 0.3 is 5.63 Å². The summed E-state index contributed by atoms with van der Waals surface area (Å²) >= 11 is 1.55. The summed E-state index contributed by atoms with van der Waals surface area (Å²) in [5.41, 5.74) is 1.52. The highest BCUT2D eigenvalue weighted by atomic mass is 32.2. The zero-order valence-electron chi connectivity index (χ0n) is 19.6. The van der Waals surface area contributed by atoms with Crippen molar-refractivity contribution in [2.75, 3.05) is 6.61 Å². The first kappa shape index (κ1) is 23.8. The Kier molecular flexibility index (Phi) is 5.82. The fourth-order valence-corrected chi connectivity index (χ4v) is 6.71. The Bertz CT molecular complexity index is 1480. The number of ether oxygens (including phenoxy) is 1. The highest BCUT2D eigenvalue weighted by molar-refractivity contribution is 8.02. The summed E-state index contributed by atoms with van der Waals surface area (Å²) in [4.78, 5) is 38.6. The van der Waals surface area contributed by atoms with E-state index >= 15 is 0 Å². The van der Waals surface area contributed by atoms with Gasteiger partial charge in [-0.2, -0.15) is 0 Å². The minimum absolute atomic E-state index is 0.0318. The molecule has 2 fully saturated rings. The molecule has 0 bridgehead atoms. The Morgan fingerprint density at radius 1 is 1.14 bits per heavy atom. The summed E-state index contributed by atoms with van der Waals surface area (Å²) < 4.78 is 10.8. The lowest BCUT2D eigenvalue weighted by Crippen LogP contribution is -2.71. The van der Waals surface area contributed by atoms with E-state index in [0.29, 0.717) is 16.9 Å². The summed E-state index contributed by atoms with van der Waals surface area (Å²) in [5.74, 6) is -0.200. The van der Waals surface area contributed by atoms with Crippen LogP contribution in [-0.4, -0.2) is 56.0 Å². The first-order valence-electron chi connectivity index (χ1n) is 12.0. The Morgan fingerprint density at radius 3 is 2.62 bits per heavy atom. The average Bonchev–Trinajstić information content (AvgIpc) is 3.66. The lowest BCUT2D eigenvalue weighted by Gasteiger charge is -2.53. The second-order valence-corrected chi connectivity index (χ2v) is 10.9. The highest BCUT2D eigenvalue weighted by Gasteiger charge is 2.63. The molecule has 2 aliphatic heterocycles. The van der Waals surface area contributed by atoms with Gasteiger partial charge in [0.15, 0.2) is 6.29 Å². The van der Waals surface area contributed by atoms with E-state index in [1.807, 2.05) is 30.3 Å². The SMILES string of the molecule is O=C(Cc1ccccc1)N[C@@H]1C(=O)N2C(C(O)O)=C(COc3ccc4ccc(=O)oc4c3)C3(CC3)S[C@H]12. The van der Waals surface area contributed by atoms with Gasteiger partial charge in [0, 0.05) is 27.8 Å². The van der Waals surface area contributed by atoms with E-state index in [4.69, 9.17) is 9.15 Å². The number of rotatable bonds is 7. The third kappa shape index (κ3) is 4.30. The number of hydrogen-bond donors (Lipinski definition) is 3. The smallest absolute Gasteiger partial charge is 0.336 e. The number of aliphatic hydroxyl groups excluding tert-OH is 1. The maximum atomic E-state index is 13.1. The van der Waals surface area contributed by atoms with Crippen LogP contribution in [0.25, 0.3) is 11.0 Å². The molecule has 3 N–H and O–H groups in total. The number of β-lactam (4-membered cyclic amide) rings is 1. The van der Waals surface area contributed by atoms with E-state index in [1.165, 1.54) is 11.0 Å². The zero-order chi connectivity index (χ0) is 25.7. The molecule has 3 heterocycles. The number of carbonyl (C=O) groups excluding carboxylic acids is 2. The van der Waals surface area contributed by atoms with Crippen LogP contribution in [0, 0.1) is 0 Å². The number of benzene rings is 2. The molecule has 190 valence electrons. The maximum Gasteiger partial charge on any atom is 0.336 e. The zero-order valence-corrected chi connectivity index (χ0v) is 20.4. The molecule has 1 spiro atoms. The summed E-state index contributed by atoms with van der Waals surface area (Å²) in [6.45, 7) is 0.0318. The molecule has 3 aromatic rings. The van der Waals surface area contributed by atoms with Gasteiger partial charge in [-0.25, -0.2) is 4.79 Å². The first-order chi connectivity index (χ1) is 17.8. The van der Waals surface area contributed by atoms with Gasteiger partial charge in [0.2, 0.25) is 5.91 Å². The molecule has 1 saturated heterocycles. The predicted molar refractivity (Wildman–Crippen MR) is 135 cm³/mol. The number of thioether (sulfide) groups is 1. The quantitative estimate of drug-likeness (QED) is 0.245. The van der Waals surface area contributed by atoms with E-state index in [0.717, 1.165) is 23.8 Å². The third-order valence-electron chi connectivity index (χ3n) is 6.96. The molecule has 0 radical (unpaired) electrons. The largest absolute Gasteiger partial charge is 0.489 e. The minimum atomic E-state index is -1.88. The predicted octanol–water partition coefficient (Wildman–Crippen LogP) is 1.91. The van der Waals surface area contributed by atoms with Crippen molar-refractivity contribution in [3.05, 3.63) is 87.9 Å². The van der Waals surface area contributed by atoms with Crippen LogP contribution in [0.5, 0.6) is 5.75 Å². The fraction of sp³-hybridized carbons (Fsp3) is 0.296. The van der Waals surface area contributed by atoms with E-state index in [2.05, 4.69) is 5.32 Å². The summed E-state index contributed by atoms with van der Waals surface area (Å²) in [5, 5.41) is 23.7. The molecule has 2 aromatic carbocycles. The van der Waals surface area contributed by atoms with Crippen LogP contribution in [0.2, 0.25) is 0 Å². The van der Waals surface area contributed by atoms with E-state index in [-0.39, 0.29) is 30.5 Å². The highest BCUT2D eigenvalue weighted by Crippen LogP contribution is 2.62. The van der Waals surface area contributed by atoms with Gasteiger partial charge in [-0.3, -0.25) is 14.5 Å². The lowest BCUT2D eigenvalue weighted by atomic mass is 9.99. The second-order valence-electron chi connectivity index (χ2n) is 9.40. The van der Waals surface area contributed by atoms with E-state index < -0.39 is 28.1 Å². The van der Waals surface area contributed by atoms with Crippen molar-refractivity contribution in [1.82, 2.24) is 10.2 Å². The molecule has 37 heavy (non-hydrogen) atoms. The Balaban J connectivity index is 1.22. The molecule has 1 aliphatic carbocycles. The van der Waals surface area contributed by atoms with Gasteiger partial charge in [-0.1, -0.05) is 30.3 Å². The van der Waals surface area contributed by atoms with Gasteiger partial charge in [0.05, 0.1) is 12.1 Å². The maximum absolute atomic E-state index is 13.1. The van der Waals surface area contributed by atoms with Gasteiger partial charge < -0.3 is 24.7 Å². The van der Waals surface area contributed by atoms with Crippen molar-refractivity contribution < 1.29 is 29.0 Å². The van der Waals surface area contributed by atoms with Crippen LogP contribution < -0.4 is 15.7 Å². The van der Waals surface area contributed by atoms with Crippen molar-refractivity contribution in [1.29, 1.82) is 0 Å². The van der Waals surface area contributed by atoms with Crippen LogP contribution >= 0.6 is 11.8 Å². The lowest BCUT2D eigenvalue weighted by molar-refractivity contribution is -0.150. The van der Waals surface area contributed by atoms with Crippen LogP contribution in [0.4, 0.5) is 0 Å². The monoisotopic (exact) mass is 520 g/mol. The number of nitrogens with one attached hydrogen (secondary N) is 1. The molecule has 9 nitrogen and oxygen atoms in total. The summed E-state index contributed by atoms with van der Waals surface area (Å²) in [7, 11) is 0. The molecule has 1 aromatic heterocycles. The Morgan fingerprint density at radius 2 is 1.89 bits per heavy atom. The normalized spacial score (nSPS) is 21.7. The second kappa shape index (κ2) is 9.05. The van der Waals surface area contributed by atoms with Crippen molar-refractivity contribution in [2.24, 2.45) is 0 Å². The molecular weight excluding hydrogens is 496 g/mol. The fourth-order valence-electron chi connectivity index (χ4n) is 4.97. The van der Waals surface area contributed by atoms with Crippen molar-refractivity contribution in [3.63, 3.8) is 0 Å². The average molecular weight is 521 g/mol. The number of amides is 2. The molecule has 2 atom stereocenters. The molecule has 10 heteroatoms. The standard InChI is InChI=1S/C27H24N2O7S/c30-20(12-15-4-2-1-3-5-15)28-22-24(32)29-23(26(33)34)18(27(10-11-27)37-25(22)29)14-35-17-8-6-16-7-9-21(31)36-19(16)13-17/h1-9,13,22,25-26,33-34H,10-12,14H2,(H,28,30)/t22-,25-/m1/s1. The first-order valence-corrected chi connectivity index (χ1v) is 12.8. The number of hydrogen-bond acceptors (Lipinski definition) is 8. The topological polar surface area (TPSA) is 129 Å². The van der Waals surface area contributed by atoms with Crippen molar-refractivity contribution in [2.45, 2.75) is 41.7 Å². The van der Waals surface area contributed by atoms with Crippen LogP contribution in [0.15, 0.2) is 81.1 Å². The summed E-state index contributed by atoms with van der Waals surface area (Å²) in [6.07, 6.45) is -0.132. The molecule has 3 aliphatic rings.